The number of allylic oxidation sites excluding steroid dienone is 5. The number of likely N-dealkylation sites (N-methyl/N-ethyl adjacent to an activating group) is 1. The summed E-state index contributed by atoms with van der Waals surface area (Å²) < 4.78 is 23.3. The number of amides is 1. The summed E-state index contributed by atoms with van der Waals surface area (Å²) in [6.45, 7) is 4.64. The standard InChI is InChI=1S/C42H81N2O6P/c1-6-8-10-12-13-14-15-16-17-18-19-20-21-22-23-24-25-26-27-28-29-30-31-32-33-35-41(45)40(43-42(46)36-34-11-9-7-2)39-50-51(47,48)49-38-37-44(3,4)5/h25-26,29-30,33,35,40-41,45H,6-24,27-28,31-32,34,36-39H2,1-5H3,(H-,43,46,47,48)/p+1/b26-25+,30-29+,35-33+. The van der Waals surface area contributed by atoms with Crippen LogP contribution in [0.3, 0.4) is 0 Å². The van der Waals surface area contributed by atoms with Crippen LogP contribution < -0.4 is 5.32 Å². The number of hydrogen-bond donors (Lipinski definition) is 3. The van der Waals surface area contributed by atoms with Crippen LogP contribution in [-0.4, -0.2) is 73.4 Å². The molecule has 0 saturated heterocycles. The van der Waals surface area contributed by atoms with Gasteiger partial charge in [0, 0.05) is 6.42 Å². The largest absolute Gasteiger partial charge is 0.472 e. The van der Waals surface area contributed by atoms with E-state index in [9.17, 15) is 19.4 Å². The molecule has 0 aliphatic heterocycles. The average molecular weight is 742 g/mol. The van der Waals surface area contributed by atoms with E-state index in [0.717, 1.165) is 51.4 Å². The number of carbonyl (C=O) groups is 1. The van der Waals surface area contributed by atoms with Gasteiger partial charge in [0.25, 0.3) is 0 Å². The number of aliphatic hydroxyl groups is 1. The molecule has 0 fully saturated rings. The third-order valence-electron chi connectivity index (χ3n) is 9.09. The Bertz CT molecular complexity index is 933. The van der Waals surface area contributed by atoms with Gasteiger partial charge in [-0.15, -0.1) is 0 Å². The summed E-state index contributed by atoms with van der Waals surface area (Å²) in [6.07, 6.45) is 41.5. The van der Waals surface area contributed by atoms with Gasteiger partial charge in [-0.05, 0) is 44.9 Å². The molecule has 3 atom stereocenters. The Morgan fingerprint density at radius 2 is 1.08 bits per heavy atom. The van der Waals surface area contributed by atoms with E-state index in [-0.39, 0.29) is 19.1 Å². The van der Waals surface area contributed by atoms with Crippen LogP contribution in [0.5, 0.6) is 0 Å². The molecule has 0 spiro atoms. The number of aliphatic hydroxyl groups excluding tert-OH is 1. The molecule has 0 rings (SSSR count). The highest BCUT2D eigenvalue weighted by Gasteiger charge is 2.27. The highest BCUT2D eigenvalue weighted by molar-refractivity contribution is 7.47. The maximum absolute atomic E-state index is 12.5. The molecule has 0 bridgehead atoms. The quantitative estimate of drug-likeness (QED) is 0.0253. The molecule has 0 aliphatic carbocycles. The van der Waals surface area contributed by atoms with Crippen LogP contribution in [0, 0.1) is 0 Å². The summed E-state index contributed by atoms with van der Waals surface area (Å²) in [5.41, 5.74) is 0. The van der Waals surface area contributed by atoms with E-state index in [4.69, 9.17) is 9.05 Å². The van der Waals surface area contributed by atoms with Crippen molar-refractivity contribution in [2.45, 2.75) is 187 Å². The van der Waals surface area contributed by atoms with E-state index in [1.54, 1.807) is 6.08 Å². The third-order valence-corrected chi connectivity index (χ3v) is 10.1. The zero-order chi connectivity index (χ0) is 37.9. The fraction of sp³-hybridized carbons (Fsp3) is 0.833. The predicted octanol–water partition coefficient (Wildman–Crippen LogP) is 11.1. The first-order valence-electron chi connectivity index (χ1n) is 20.9. The van der Waals surface area contributed by atoms with Crippen molar-refractivity contribution in [3.8, 4) is 0 Å². The first kappa shape index (κ1) is 49.7. The van der Waals surface area contributed by atoms with E-state index < -0.39 is 20.0 Å². The Morgan fingerprint density at radius 1 is 0.647 bits per heavy atom. The van der Waals surface area contributed by atoms with Gasteiger partial charge in [0.05, 0.1) is 39.9 Å². The molecule has 0 radical (unpaired) electrons. The molecule has 1 amide bonds. The first-order chi connectivity index (χ1) is 24.5. The Kier molecular flexibility index (Phi) is 33.6. The van der Waals surface area contributed by atoms with Crippen molar-refractivity contribution in [2.75, 3.05) is 40.9 Å². The minimum absolute atomic E-state index is 0.0531. The van der Waals surface area contributed by atoms with Gasteiger partial charge >= 0.3 is 7.82 Å². The Balaban J connectivity index is 4.17. The fourth-order valence-corrected chi connectivity index (χ4v) is 6.45. The number of carbonyl (C=O) groups excluding carboxylic acids is 1. The second-order valence-corrected chi connectivity index (χ2v) is 16.8. The van der Waals surface area contributed by atoms with Gasteiger partial charge in [-0.25, -0.2) is 4.57 Å². The lowest BCUT2D eigenvalue weighted by Gasteiger charge is -2.25. The minimum atomic E-state index is -4.33. The summed E-state index contributed by atoms with van der Waals surface area (Å²) in [6, 6.07) is -0.862. The van der Waals surface area contributed by atoms with Crippen LogP contribution >= 0.6 is 7.82 Å². The van der Waals surface area contributed by atoms with Crippen molar-refractivity contribution in [1.82, 2.24) is 5.32 Å². The molecule has 0 aromatic heterocycles. The summed E-state index contributed by atoms with van der Waals surface area (Å²) in [4.78, 5) is 22.7. The van der Waals surface area contributed by atoms with Gasteiger partial charge in [-0.3, -0.25) is 13.8 Å². The Labute approximate surface area is 315 Å². The summed E-state index contributed by atoms with van der Waals surface area (Å²) in [5.74, 6) is -0.210. The van der Waals surface area contributed by atoms with E-state index >= 15 is 0 Å². The van der Waals surface area contributed by atoms with E-state index in [1.165, 1.54) is 103 Å². The third kappa shape index (κ3) is 36.9. The van der Waals surface area contributed by atoms with E-state index in [1.807, 2.05) is 27.2 Å². The molecular weight excluding hydrogens is 659 g/mol. The van der Waals surface area contributed by atoms with Gasteiger partial charge in [-0.1, -0.05) is 159 Å². The van der Waals surface area contributed by atoms with Crippen LogP contribution in [0.25, 0.3) is 0 Å². The normalized spacial score (nSPS) is 14.9. The number of quaternary nitrogens is 1. The summed E-state index contributed by atoms with van der Waals surface area (Å²) >= 11 is 0. The highest BCUT2D eigenvalue weighted by Crippen LogP contribution is 2.43. The highest BCUT2D eigenvalue weighted by atomic mass is 31.2. The van der Waals surface area contributed by atoms with Crippen LogP contribution in [0.15, 0.2) is 36.5 Å². The molecule has 8 nitrogen and oxygen atoms in total. The molecule has 9 heteroatoms. The van der Waals surface area contributed by atoms with Crippen molar-refractivity contribution in [2.24, 2.45) is 0 Å². The van der Waals surface area contributed by atoms with Crippen molar-refractivity contribution in [3.05, 3.63) is 36.5 Å². The number of hydrogen-bond acceptors (Lipinski definition) is 5. The number of rotatable bonds is 37. The molecule has 0 saturated carbocycles. The first-order valence-corrected chi connectivity index (χ1v) is 22.4. The number of phosphoric ester groups is 1. The Morgan fingerprint density at radius 3 is 1.57 bits per heavy atom. The molecule has 3 unspecified atom stereocenters. The summed E-state index contributed by atoms with van der Waals surface area (Å²) in [5, 5.41) is 13.6. The van der Waals surface area contributed by atoms with E-state index in [2.05, 4.69) is 43.5 Å². The Hall–Kier alpha value is -1.28. The van der Waals surface area contributed by atoms with Crippen LogP contribution in [0.4, 0.5) is 0 Å². The predicted molar refractivity (Wildman–Crippen MR) is 217 cm³/mol. The van der Waals surface area contributed by atoms with Crippen LogP contribution in [0.2, 0.25) is 0 Å². The molecule has 51 heavy (non-hydrogen) atoms. The van der Waals surface area contributed by atoms with Crippen molar-refractivity contribution in [3.63, 3.8) is 0 Å². The average Bonchev–Trinajstić information content (AvgIpc) is 3.07. The molecule has 0 aromatic carbocycles. The number of unbranched alkanes of at least 4 members (excludes halogenated alkanes) is 20. The molecule has 3 N–H and O–H groups in total. The lowest BCUT2D eigenvalue weighted by atomic mass is 10.0. The zero-order valence-electron chi connectivity index (χ0n) is 33.8. The smallest absolute Gasteiger partial charge is 0.387 e. The van der Waals surface area contributed by atoms with Gasteiger partial charge in [0.1, 0.15) is 13.2 Å². The van der Waals surface area contributed by atoms with Gasteiger partial charge in [-0.2, -0.15) is 0 Å². The maximum Gasteiger partial charge on any atom is 0.472 e. The second-order valence-electron chi connectivity index (χ2n) is 15.4. The fourth-order valence-electron chi connectivity index (χ4n) is 5.72. The molecular formula is C42H82N2O6P+. The lowest BCUT2D eigenvalue weighted by molar-refractivity contribution is -0.870. The van der Waals surface area contributed by atoms with E-state index in [0.29, 0.717) is 17.4 Å². The topological polar surface area (TPSA) is 105 Å². The maximum atomic E-state index is 12.5. The zero-order valence-corrected chi connectivity index (χ0v) is 34.7. The monoisotopic (exact) mass is 742 g/mol. The minimum Gasteiger partial charge on any atom is -0.387 e. The van der Waals surface area contributed by atoms with Crippen molar-refractivity contribution >= 4 is 13.7 Å². The molecule has 0 heterocycles. The van der Waals surface area contributed by atoms with Crippen molar-refractivity contribution in [1.29, 1.82) is 0 Å². The SMILES string of the molecule is CCCCCCCCCCCCCCCCC/C=C/CC/C=C/CC/C=C/C(O)C(COP(=O)(O)OCC[N+](C)(C)C)NC(=O)CCCCCC. The molecule has 300 valence electrons. The van der Waals surface area contributed by atoms with Gasteiger partial charge in [0.15, 0.2) is 0 Å². The number of phosphoric acid groups is 1. The van der Waals surface area contributed by atoms with Crippen molar-refractivity contribution < 1.29 is 32.9 Å². The second kappa shape index (κ2) is 34.5. The van der Waals surface area contributed by atoms with Gasteiger partial charge < -0.3 is 19.8 Å². The molecule has 0 aliphatic rings. The van der Waals surface area contributed by atoms with Crippen LogP contribution in [0.1, 0.15) is 174 Å². The summed E-state index contributed by atoms with van der Waals surface area (Å²) in [7, 11) is 1.54. The molecule has 0 aromatic rings. The van der Waals surface area contributed by atoms with Crippen LogP contribution in [-0.2, 0) is 18.4 Å². The number of nitrogens with one attached hydrogen (secondary N) is 1. The number of nitrogens with zero attached hydrogens (tertiary/aromatic N) is 1. The lowest BCUT2D eigenvalue weighted by Crippen LogP contribution is -2.45. The van der Waals surface area contributed by atoms with Gasteiger partial charge in [0.2, 0.25) is 5.91 Å².